The lowest BCUT2D eigenvalue weighted by Crippen LogP contribution is -2.56. The lowest BCUT2D eigenvalue weighted by molar-refractivity contribution is -0.135. The summed E-state index contributed by atoms with van der Waals surface area (Å²) in [5.41, 5.74) is 1.17. The maximum Gasteiger partial charge on any atom is 0.226 e. The zero-order chi connectivity index (χ0) is 17.5. The predicted molar refractivity (Wildman–Crippen MR) is 94.5 cm³/mol. The smallest absolute Gasteiger partial charge is 0.226 e. The van der Waals surface area contributed by atoms with Gasteiger partial charge in [0, 0.05) is 37.3 Å². The van der Waals surface area contributed by atoms with Crippen LogP contribution in [-0.2, 0) is 10.5 Å². The molecular weight excluding hydrogens is 333 g/mol. The lowest BCUT2D eigenvalue weighted by atomic mass is 10.1. The van der Waals surface area contributed by atoms with Crippen LogP contribution in [0.25, 0.3) is 11.2 Å². The average Bonchev–Trinajstić information content (AvgIpc) is 3.55. The molecule has 136 valence electrons. The van der Waals surface area contributed by atoms with E-state index in [0.29, 0.717) is 42.3 Å². The highest BCUT2D eigenvalue weighted by molar-refractivity contribution is 5.87. The second kappa shape index (κ2) is 4.96. The van der Waals surface area contributed by atoms with Crippen LogP contribution in [0.15, 0.2) is 12.3 Å². The number of halogens is 1. The van der Waals surface area contributed by atoms with E-state index in [4.69, 9.17) is 0 Å². The number of aromatic nitrogens is 3. The van der Waals surface area contributed by atoms with Crippen molar-refractivity contribution in [1.29, 1.82) is 0 Å². The average molecular weight is 355 g/mol. The quantitative estimate of drug-likeness (QED) is 0.919. The number of fused-ring (bicyclic) bond motifs is 3. The third kappa shape index (κ3) is 2.12. The number of aromatic amines is 1. The van der Waals surface area contributed by atoms with Crippen LogP contribution >= 0.6 is 0 Å². The van der Waals surface area contributed by atoms with Gasteiger partial charge in [-0.15, -0.1) is 0 Å². The Hall–Kier alpha value is -2.18. The lowest BCUT2D eigenvalue weighted by Gasteiger charge is -2.42. The van der Waals surface area contributed by atoms with E-state index in [1.807, 2.05) is 6.07 Å². The number of H-pyrrole nitrogens is 1. The second-order valence-corrected chi connectivity index (χ2v) is 8.39. The zero-order valence-electron chi connectivity index (χ0n) is 14.6. The van der Waals surface area contributed by atoms with Crippen LogP contribution in [0.1, 0.15) is 44.3 Å². The highest BCUT2D eigenvalue weighted by Gasteiger charge is 2.49. The summed E-state index contributed by atoms with van der Waals surface area (Å²) in [7, 11) is 0. The highest BCUT2D eigenvalue weighted by atomic mass is 19.1. The maximum absolute atomic E-state index is 14.4. The van der Waals surface area contributed by atoms with Crippen LogP contribution < -0.4 is 4.90 Å². The van der Waals surface area contributed by atoms with Crippen molar-refractivity contribution in [3.63, 3.8) is 0 Å². The summed E-state index contributed by atoms with van der Waals surface area (Å²) in [6.07, 6.45) is 7.11. The molecule has 0 spiro atoms. The predicted octanol–water partition coefficient (Wildman–Crippen LogP) is 2.51. The van der Waals surface area contributed by atoms with Crippen LogP contribution in [0.2, 0.25) is 0 Å². The second-order valence-electron chi connectivity index (χ2n) is 8.39. The van der Waals surface area contributed by atoms with Gasteiger partial charge in [0.25, 0.3) is 0 Å². The van der Waals surface area contributed by atoms with Gasteiger partial charge in [-0.2, -0.15) is 0 Å². The number of imidazole rings is 1. The number of nitrogens with one attached hydrogen (secondary N) is 1. The molecule has 2 saturated heterocycles. The summed E-state index contributed by atoms with van der Waals surface area (Å²) in [5, 5.41) is 0. The Balaban J connectivity index is 1.33. The molecule has 2 aliphatic carbocycles. The van der Waals surface area contributed by atoms with Gasteiger partial charge in [0.1, 0.15) is 11.3 Å². The number of hydrogen-bond donors (Lipinski definition) is 1. The molecule has 4 heterocycles. The fraction of sp³-hybridized carbons (Fsp3) is 0.632. The summed E-state index contributed by atoms with van der Waals surface area (Å²) in [6.45, 7) is 1.67. The third-order valence-electron chi connectivity index (χ3n) is 6.49. The molecule has 2 unspecified atom stereocenters. The van der Waals surface area contributed by atoms with E-state index in [-0.39, 0.29) is 5.92 Å². The maximum atomic E-state index is 14.4. The monoisotopic (exact) mass is 355 g/mol. The van der Waals surface area contributed by atoms with Crippen molar-refractivity contribution in [2.24, 2.45) is 5.92 Å². The third-order valence-corrected chi connectivity index (χ3v) is 6.49. The topological polar surface area (TPSA) is 65.1 Å². The molecule has 2 atom stereocenters. The van der Waals surface area contributed by atoms with Gasteiger partial charge in [-0.05, 0) is 44.6 Å². The fourth-order valence-corrected chi connectivity index (χ4v) is 4.72. The van der Waals surface area contributed by atoms with Gasteiger partial charge in [0.05, 0.1) is 5.69 Å². The normalized spacial score (nSPS) is 29.4. The minimum absolute atomic E-state index is 0.284. The summed E-state index contributed by atoms with van der Waals surface area (Å²) < 4.78 is 14.4. The van der Waals surface area contributed by atoms with Crippen LogP contribution in [0.4, 0.5) is 10.1 Å². The van der Waals surface area contributed by atoms with E-state index < -0.39 is 5.67 Å². The molecule has 1 amide bonds. The molecular formula is C19H22FN5O. The van der Waals surface area contributed by atoms with Gasteiger partial charge >= 0.3 is 0 Å². The molecule has 4 aliphatic rings. The van der Waals surface area contributed by atoms with Crippen molar-refractivity contribution < 1.29 is 9.18 Å². The molecule has 4 fully saturated rings. The molecule has 2 aliphatic heterocycles. The van der Waals surface area contributed by atoms with E-state index in [1.165, 1.54) is 0 Å². The largest absolute Gasteiger partial charge is 0.366 e. The van der Waals surface area contributed by atoms with Crippen molar-refractivity contribution in [3.8, 4) is 0 Å². The van der Waals surface area contributed by atoms with Gasteiger partial charge in [-0.3, -0.25) is 4.79 Å². The molecule has 2 aromatic heterocycles. The Labute approximate surface area is 150 Å². The number of amides is 1. The van der Waals surface area contributed by atoms with Crippen molar-refractivity contribution in [3.05, 3.63) is 18.1 Å². The Morgan fingerprint density at radius 1 is 1.19 bits per heavy atom. The molecule has 2 bridgehead atoms. The summed E-state index contributed by atoms with van der Waals surface area (Å²) in [6, 6.07) is 2.58. The first-order valence-electron chi connectivity index (χ1n) is 9.74. The van der Waals surface area contributed by atoms with Gasteiger partial charge in [0.2, 0.25) is 5.91 Å². The first-order chi connectivity index (χ1) is 12.6. The first-order valence-corrected chi connectivity index (χ1v) is 9.74. The number of nitrogens with zero attached hydrogens (tertiary/aromatic N) is 4. The van der Waals surface area contributed by atoms with E-state index in [2.05, 4.69) is 24.8 Å². The van der Waals surface area contributed by atoms with Crippen molar-refractivity contribution in [1.82, 2.24) is 19.9 Å². The van der Waals surface area contributed by atoms with Crippen LogP contribution in [0.5, 0.6) is 0 Å². The molecule has 6 nitrogen and oxygen atoms in total. The van der Waals surface area contributed by atoms with Gasteiger partial charge < -0.3 is 14.8 Å². The summed E-state index contributed by atoms with van der Waals surface area (Å²) in [5.74, 6) is 1.07. The molecule has 2 saturated carbocycles. The molecule has 0 radical (unpaired) electrons. The minimum Gasteiger partial charge on any atom is -0.366 e. The summed E-state index contributed by atoms with van der Waals surface area (Å²) >= 11 is 0. The molecule has 0 aromatic carbocycles. The van der Waals surface area contributed by atoms with Crippen LogP contribution in [-0.4, -0.2) is 50.9 Å². The van der Waals surface area contributed by atoms with Crippen LogP contribution in [0, 0.1) is 5.92 Å². The Kier molecular flexibility index (Phi) is 2.85. The first kappa shape index (κ1) is 14.9. The van der Waals surface area contributed by atoms with E-state index >= 15 is 0 Å². The molecule has 1 N–H and O–H groups in total. The minimum atomic E-state index is -1.29. The van der Waals surface area contributed by atoms with E-state index in [1.54, 1.807) is 6.20 Å². The Morgan fingerprint density at radius 3 is 2.58 bits per heavy atom. The number of rotatable bonds is 3. The van der Waals surface area contributed by atoms with E-state index in [0.717, 1.165) is 50.0 Å². The van der Waals surface area contributed by atoms with E-state index in [9.17, 15) is 9.18 Å². The van der Waals surface area contributed by atoms with Crippen molar-refractivity contribution in [2.75, 3.05) is 18.0 Å². The fourth-order valence-electron chi connectivity index (χ4n) is 4.72. The SMILES string of the molecule is O=C(C1CC1)N1C2CCC1CN(c1ccnc3nc(C4(F)CC4)[nH]c13)C2. The zero-order valence-corrected chi connectivity index (χ0v) is 14.6. The molecule has 7 heteroatoms. The Bertz CT molecular complexity index is 888. The number of alkyl halides is 1. The summed E-state index contributed by atoms with van der Waals surface area (Å²) in [4.78, 5) is 29.1. The number of hydrogen-bond acceptors (Lipinski definition) is 4. The van der Waals surface area contributed by atoms with Gasteiger partial charge in [0.15, 0.2) is 11.3 Å². The van der Waals surface area contributed by atoms with Gasteiger partial charge in [-0.1, -0.05) is 0 Å². The number of pyridine rings is 1. The van der Waals surface area contributed by atoms with Crippen molar-refractivity contribution >= 4 is 22.8 Å². The standard InChI is InChI=1S/C19H22FN5O/c20-19(6-7-19)18-22-15-14(5-8-21-16(15)23-18)24-9-12-3-4-13(10-24)25(12)17(26)11-1-2-11/h5,8,11-13H,1-4,6-7,9-10H2,(H,21,22,23). The molecule has 2 aromatic rings. The van der Waals surface area contributed by atoms with Crippen molar-refractivity contribution in [2.45, 2.75) is 56.3 Å². The van der Waals surface area contributed by atoms with Gasteiger partial charge in [-0.25, -0.2) is 14.4 Å². The highest BCUT2D eigenvalue weighted by Crippen LogP contribution is 2.49. The Morgan fingerprint density at radius 2 is 1.92 bits per heavy atom. The van der Waals surface area contributed by atoms with Crippen LogP contribution in [0.3, 0.4) is 0 Å². The number of anilines is 1. The number of piperazine rings is 1. The number of carbonyl (C=O) groups excluding carboxylic acids is 1. The molecule has 26 heavy (non-hydrogen) atoms. The molecule has 6 rings (SSSR count). The number of carbonyl (C=O) groups is 1.